The summed E-state index contributed by atoms with van der Waals surface area (Å²) in [5.41, 5.74) is 5.54. The Morgan fingerprint density at radius 3 is 2.57 bits per heavy atom. The van der Waals surface area contributed by atoms with Gasteiger partial charge in [-0.05, 0) is 79.6 Å². The van der Waals surface area contributed by atoms with E-state index in [-0.39, 0.29) is 0 Å². The quantitative estimate of drug-likeness (QED) is 0.434. The number of H-pyrrole nitrogens is 1. The number of hydrogen-bond donors (Lipinski definition) is 1. The van der Waals surface area contributed by atoms with Crippen LogP contribution >= 0.6 is 0 Å². The minimum atomic E-state index is 0.577. The van der Waals surface area contributed by atoms with Crippen LogP contribution in [0.3, 0.4) is 0 Å². The molecule has 6 rings (SSSR count). The normalized spacial score (nSPS) is 21.3. The van der Waals surface area contributed by atoms with Crippen LogP contribution in [0.15, 0.2) is 54.9 Å². The van der Waals surface area contributed by atoms with Gasteiger partial charge in [0.25, 0.3) is 0 Å². The highest BCUT2D eigenvalue weighted by molar-refractivity contribution is 5.92. The molecular weight excluding hydrogens is 434 g/mol. The Labute approximate surface area is 206 Å². The van der Waals surface area contributed by atoms with Crippen LogP contribution in [-0.4, -0.2) is 54.2 Å². The molecule has 6 nitrogen and oxygen atoms in total. The number of aromatic amines is 1. The minimum Gasteiger partial charge on any atom is -0.497 e. The molecule has 35 heavy (non-hydrogen) atoms. The molecule has 0 atom stereocenters. The third kappa shape index (κ3) is 4.11. The molecule has 178 valence electrons. The summed E-state index contributed by atoms with van der Waals surface area (Å²) in [5.74, 6) is 1.45. The van der Waals surface area contributed by atoms with E-state index in [4.69, 9.17) is 4.74 Å². The van der Waals surface area contributed by atoms with Gasteiger partial charge in [-0.25, -0.2) is 0 Å². The number of ether oxygens (including phenoxy) is 1. The van der Waals surface area contributed by atoms with Gasteiger partial charge in [-0.1, -0.05) is 0 Å². The van der Waals surface area contributed by atoms with E-state index in [2.05, 4.69) is 44.2 Å². The van der Waals surface area contributed by atoms with Gasteiger partial charge in [0.1, 0.15) is 5.75 Å². The van der Waals surface area contributed by atoms with Crippen molar-refractivity contribution in [2.75, 3.05) is 38.2 Å². The van der Waals surface area contributed by atoms with E-state index in [1.165, 1.54) is 47.7 Å². The summed E-state index contributed by atoms with van der Waals surface area (Å²) >= 11 is 0. The molecule has 0 radical (unpaired) electrons. The zero-order valence-electron chi connectivity index (χ0n) is 20.2. The smallest absolute Gasteiger partial charge is 0.119 e. The molecule has 0 spiro atoms. The van der Waals surface area contributed by atoms with Crippen LogP contribution in [0.2, 0.25) is 0 Å². The highest BCUT2D eigenvalue weighted by atomic mass is 16.5. The van der Waals surface area contributed by atoms with Crippen molar-refractivity contribution in [3.8, 4) is 11.8 Å². The van der Waals surface area contributed by atoms with E-state index in [1.807, 2.05) is 36.5 Å². The molecule has 1 saturated carbocycles. The van der Waals surface area contributed by atoms with Crippen LogP contribution in [0.4, 0.5) is 5.69 Å². The molecule has 0 bridgehead atoms. The summed E-state index contributed by atoms with van der Waals surface area (Å²) in [6.07, 6.45) is 8.99. The minimum absolute atomic E-state index is 0.577. The average molecular weight is 466 g/mol. The summed E-state index contributed by atoms with van der Waals surface area (Å²) in [5, 5.41) is 11.7. The first-order valence-corrected chi connectivity index (χ1v) is 12.7. The van der Waals surface area contributed by atoms with Crippen LogP contribution < -0.4 is 9.64 Å². The number of piperazine rings is 1. The Bertz CT molecular complexity index is 1390. The summed E-state index contributed by atoms with van der Waals surface area (Å²) in [6.45, 7) is 4.27. The van der Waals surface area contributed by atoms with Gasteiger partial charge < -0.3 is 14.6 Å². The maximum absolute atomic E-state index is 9.30. The molecule has 1 aliphatic carbocycles. The predicted molar refractivity (Wildman–Crippen MR) is 140 cm³/mol. The first kappa shape index (κ1) is 21.9. The van der Waals surface area contributed by atoms with Crippen molar-refractivity contribution in [3.63, 3.8) is 0 Å². The second kappa shape index (κ2) is 9.24. The molecule has 6 heteroatoms. The van der Waals surface area contributed by atoms with Crippen LogP contribution in [-0.2, 0) is 0 Å². The summed E-state index contributed by atoms with van der Waals surface area (Å²) in [7, 11) is 1.72. The van der Waals surface area contributed by atoms with Crippen molar-refractivity contribution in [3.05, 3.63) is 66.0 Å². The second-order valence-electron chi connectivity index (χ2n) is 9.86. The van der Waals surface area contributed by atoms with Crippen molar-refractivity contribution in [1.82, 2.24) is 14.9 Å². The summed E-state index contributed by atoms with van der Waals surface area (Å²) in [6, 6.07) is 17.2. The highest BCUT2D eigenvalue weighted by Crippen LogP contribution is 2.39. The summed E-state index contributed by atoms with van der Waals surface area (Å²) in [4.78, 5) is 13.2. The number of hydrogen-bond acceptors (Lipinski definition) is 5. The lowest BCUT2D eigenvalue weighted by Gasteiger charge is -2.43. The number of fused-ring (bicyclic) bond motifs is 2. The van der Waals surface area contributed by atoms with Crippen molar-refractivity contribution in [2.24, 2.45) is 0 Å². The number of nitrogens with zero attached hydrogens (tertiary/aromatic N) is 4. The van der Waals surface area contributed by atoms with Gasteiger partial charge in [-0.3, -0.25) is 9.88 Å². The lowest BCUT2D eigenvalue weighted by atomic mass is 9.81. The van der Waals surface area contributed by atoms with Gasteiger partial charge >= 0.3 is 0 Å². The fourth-order valence-electron chi connectivity index (χ4n) is 6.14. The Balaban J connectivity index is 1.10. The standard InChI is InChI=1S/C29H31N5O/c1-35-23-7-9-28-25(17-23)29(10-11-31-28)34-14-12-33(13-15-34)22-5-3-21(4-6-22)26-19-32-27-8-2-20(18-30)16-24(26)27/h2,7-11,16-17,19,21-22,32H,3-6,12-15H2,1H3. The van der Waals surface area contributed by atoms with Gasteiger partial charge in [0, 0.05) is 66.6 Å². The topological polar surface area (TPSA) is 68.2 Å². The first-order valence-electron chi connectivity index (χ1n) is 12.7. The van der Waals surface area contributed by atoms with E-state index in [0.717, 1.165) is 48.5 Å². The number of methoxy groups -OCH3 is 1. The molecule has 2 aromatic heterocycles. The monoisotopic (exact) mass is 465 g/mol. The van der Waals surface area contributed by atoms with Gasteiger partial charge in [-0.15, -0.1) is 0 Å². The first-order chi connectivity index (χ1) is 17.2. The zero-order valence-corrected chi connectivity index (χ0v) is 20.2. The molecular formula is C29H31N5O. The van der Waals surface area contributed by atoms with E-state index in [1.54, 1.807) is 7.11 Å². The Kier molecular flexibility index (Phi) is 5.79. The summed E-state index contributed by atoms with van der Waals surface area (Å²) < 4.78 is 5.46. The van der Waals surface area contributed by atoms with Crippen molar-refractivity contribution < 1.29 is 4.74 Å². The number of nitriles is 1. The largest absolute Gasteiger partial charge is 0.497 e. The fourth-order valence-corrected chi connectivity index (χ4v) is 6.14. The number of pyridine rings is 1. The van der Waals surface area contributed by atoms with Crippen molar-refractivity contribution in [1.29, 1.82) is 5.26 Å². The third-order valence-corrected chi connectivity index (χ3v) is 8.08. The highest BCUT2D eigenvalue weighted by Gasteiger charge is 2.30. The Hall–Kier alpha value is -3.56. The SMILES string of the molecule is COc1ccc2nccc(N3CCN(C4CCC(c5c[nH]c6ccc(C#N)cc56)CC4)CC3)c2c1. The molecule has 0 amide bonds. The second-order valence-corrected chi connectivity index (χ2v) is 9.86. The molecule has 2 aliphatic rings. The maximum Gasteiger partial charge on any atom is 0.119 e. The van der Waals surface area contributed by atoms with Crippen molar-refractivity contribution in [2.45, 2.75) is 37.6 Å². The lowest BCUT2D eigenvalue weighted by Crippen LogP contribution is -2.51. The molecule has 2 fully saturated rings. The van der Waals surface area contributed by atoms with E-state index in [0.29, 0.717) is 12.0 Å². The van der Waals surface area contributed by atoms with Gasteiger partial charge in [0.05, 0.1) is 24.3 Å². The van der Waals surface area contributed by atoms with Crippen LogP contribution in [0, 0.1) is 11.3 Å². The van der Waals surface area contributed by atoms with Crippen LogP contribution in [0.1, 0.15) is 42.7 Å². The lowest BCUT2D eigenvalue weighted by molar-refractivity contribution is 0.141. The molecule has 0 unspecified atom stereocenters. The molecule has 1 saturated heterocycles. The number of anilines is 1. The third-order valence-electron chi connectivity index (χ3n) is 8.08. The Morgan fingerprint density at radius 2 is 1.80 bits per heavy atom. The molecule has 2 aromatic carbocycles. The molecule has 1 N–H and O–H groups in total. The maximum atomic E-state index is 9.30. The average Bonchev–Trinajstić information content (AvgIpc) is 3.36. The fraction of sp³-hybridized carbons (Fsp3) is 0.379. The number of nitrogens with one attached hydrogen (secondary N) is 1. The van der Waals surface area contributed by atoms with Gasteiger partial charge in [0.15, 0.2) is 0 Å². The predicted octanol–water partition coefficient (Wildman–Crippen LogP) is 5.44. The van der Waals surface area contributed by atoms with E-state index in [9.17, 15) is 5.26 Å². The van der Waals surface area contributed by atoms with Gasteiger partial charge in [0.2, 0.25) is 0 Å². The zero-order chi connectivity index (χ0) is 23.8. The number of rotatable bonds is 4. The van der Waals surface area contributed by atoms with E-state index >= 15 is 0 Å². The number of aromatic nitrogens is 2. The molecule has 1 aliphatic heterocycles. The van der Waals surface area contributed by atoms with Crippen LogP contribution in [0.5, 0.6) is 5.75 Å². The van der Waals surface area contributed by atoms with Crippen molar-refractivity contribution >= 4 is 27.5 Å². The van der Waals surface area contributed by atoms with Crippen LogP contribution in [0.25, 0.3) is 21.8 Å². The molecule has 4 aromatic rings. The van der Waals surface area contributed by atoms with E-state index < -0.39 is 0 Å². The molecule has 3 heterocycles. The number of benzene rings is 2. The van der Waals surface area contributed by atoms with Gasteiger partial charge in [-0.2, -0.15) is 5.26 Å². The Morgan fingerprint density at radius 1 is 0.971 bits per heavy atom.